The van der Waals surface area contributed by atoms with Crippen LogP contribution in [0, 0.1) is 0 Å². The summed E-state index contributed by atoms with van der Waals surface area (Å²) in [5, 5.41) is 17.4. The lowest BCUT2D eigenvalue weighted by Crippen LogP contribution is -2.57. The standard InChI is InChI=1S/C27H34N8O6/c1-15(27(41)35-8-4-7-22(35)26(40)31-13-23(36)37)33-25(39)21(9-16-11-30-20-6-3-2-5-18(16)20)34-24(38)19(28)10-17-12-29-14-32-17/h2-3,5-6,11-12,14-15,19,21-22,30H,4,7-10,13,28H2,1H3,(H,29,32)(H,31,40)(H,33,39)(H,34,38)(H,36,37)/t15-,19-,21-,22-/m0/s1. The number of carboxylic acids is 1. The van der Waals surface area contributed by atoms with Crippen molar-refractivity contribution in [3.63, 3.8) is 0 Å². The number of hydrogen-bond donors (Lipinski definition) is 7. The summed E-state index contributed by atoms with van der Waals surface area (Å²) >= 11 is 0. The number of likely N-dealkylation sites (tertiary alicyclic amines) is 1. The van der Waals surface area contributed by atoms with Crippen LogP contribution in [0.2, 0.25) is 0 Å². The second-order valence-corrected chi connectivity index (χ2v) is 10.0. The molecule has 8 N–H and O–H groups in total. The number of carbonyl (C=O) groups is 5. The van der Waals surface area contributed by atoms with Gasteiger partial charge in [0.1, 0.15) is 24.7 Å². The predicted octanol–water partition coefficient (Wildman–Crippen LogP) is -0.815. The van der Waals surface area contributed by atoms with E-state index in [9.17, 15) is 24.0 Å². The summed E-state index contributed by atoms with van der Waals surface area (Å²) in [6.45, 7) is 1.24. The van der Waals surface area contributed by atoms with Crippen LogP contribution in [0.1, 0.15) is 31.0 Å². The maximum atomic E-state index is 13.5. The summed E-state index contributed by atoms with van der Waals surface area (Å²) in [6.07, 6.45) is 6.05. The van der Waals surface area contributed by atoms with Crippen molar-refractivity contribution in [3.8, 4) is 0 Å². The molecule has 1 aromatic carbocycles. The average molecular weight is 567 g/mol. The van der Waals surface area contributed by atoms with Gasteiger partial charge in [0.25, 0.3) is 0 Å². The number of hydrogen-bond acceptors (Lipinski definition) is 7. The molecule has 41 heavy (non-hydrogen) atoms. The highest BCUT2D eigenvalue weighted by atomic mass is 16.4. The number of para-hydroxylation sites is 1. The van der Waals surface area contributed by atoms with E-state index < -0.39 is 60.3 Å². The maximum Gasteiger partial charge on any atom is 0.322 e. The van der Waals surface area contributed by atoms with E-state index in [1.165, 1.54) is 18.2 Å². The highest BCUT2D eigenvalue weighted by molar-refractivity contribution is 5.96. The molecule has 14 nitrogen and oxygen atoms in total. The molecule has 4 rings (SSSR count). The minimum atomic E-state index is -1.19. The van der Waals surface area contributed by atoms with Gasteiger partial charge in [0.15, 0.2) is 0 Å². The van der Waals surface area contributed by atoms with Crippen molar-refractivity contribution >= 4 is 40.5 Å². The minimum absolute atomic E-state index is 0.128. The van der Waals surface area contributed by atoms with Gasteiger partial charge in [-0.15, -0.1) is 0 Å². The summed E-state index contributed by atoms with van der Waals surface area (Å²) in [5.74, 6) is -3.38. The van der Waals surface area contributed by atoms with Gasteiger partial charge in [0.05, 0.1) is 12.4 Å². The summed E-state index contributed by atoms with van der Waals surface area (Å²) in [4.78, 5) is 74.4. The third-order valence-electron chi connectivity index (χ3n) is 7.04. The van der Waals surface area contributed by atoms with Crippen molar-refractivity contribution in [3.05, 3.63) is 54.2 Å². The topological polar surface area (TPSA) is 215 Å². The van der Waals surface area contributed by atoms with Gasteiger partial charge >= 0.3 is 5.97 Å². The largest absolute Gasteiger partial charge is 0.480 e. The van der Waals surface area contributed by atoms with Crippen molar-refractivity contribution in [2.45, 2.75) is 56.8 Å². The van der Waals surface area contributed by atoms with Crippen LogP contribution in [-0.2, 0) is 36.8 Å². The summed E-state index contributed by atoms with van der Waals surface area (Å²) < 4.78 is 0. The number of benzene rings is 1. The first kappa shape index (κ1) is 29.3. The molecule has 0 bridgehead atoms. The highest BCUT2D eigenvalue weighted by Gasteiger charge is 2.37. The zero-order valence-corrected chi connectivity index (χ0v) is 22.6. The van der Waals surface area contributed by atoms with E-state index in [0.717, 1.165) is 16.5 Å². The molecular formula is C27H34N8O6. The van der Waals surface area contributed by atoms with Crippen molar-refractivity contribution in [1.29, 1.82) is 0 Å². The van der Waals surface area contributed by atoms with E-state index in [4.69, 9.17) is 10.8 Å². The Morgan fingerprint density at radius 1 is 1.12 bits per heavy atom. The van der Waals surface area contributed by atoms with E-state index in [2.05, 4.69) is 30.9 Å². The Labute approximate surface area is 235 Å². The van der Waals surface area contributed by atoms with Gasteiger partial charge in [0.2, 0.25) is 23.6 Å². The number of aliphatic carboxylic acids is 1. The monoisotopic (exact) mass is 566 g/mol. The SMILES string of the molecule is C[C@H](NC(=O)[C@H](Cc1c[nH]c2ccccc12)NC(=O)[C@@H](N)Cc1cnc[nH]1)C(=O)N1CCC[C@H]1C(=O)NCC(=O)O. The number of amides is 4. The number of H-pyrrole nitrogens is 2. The van der Waals surface area contributed by atoms with E-state index in [1.807, 2.05) is 24.3 Å². The van der Waals surface area contributed by atoms with Gasteiger partial charge in [-0.2, -0.15) is 0 Å². The van der Waals surface area contributed by atoms with Crippen LogP contribution in [0.15, 0.2) is 43.0 Å². The number of aromatic amines is 2. The molecule has 1 fully saturated rings. The second kappa shape index (κ2) is 13.1. The molecule has 4 amide bonds. The van der Waals surface area contributed by atoms with Crippen molar-refractivity contribution in [2.24, 2.45) is 5.73 Å². The van der Waals surface area contributed by atoms with Crippen LogP contribution in [0.25, 0.3) is 10.9 Å². The summed E-state index contributed by atoms with van der Waals surface area (Å²) in [7, 11) is 0. The fourth-order valence-electron chi connectivity index (χ4n) is 4.94. The zero-order valence-electron chi connectivity index (χ0n) is 22.6. The van der Waals surface area contributed by atoms with Gasteiger partial charge in [-0.05, 0) is 31.4 Å². The van der Waals surface area contributed by atoms with Gasteiger partial charge in [-0.3, -0.25) is 24.0 Å². The normalized spacial score (nSPS) is 17.0. The number of carboxylic acid groups (broad SMARTS) is 1. The zero-order chi connectivity index (χ0) is 29.5. The van der Waals surface area contributed by atoms with E-state index >= 15 is 0 Å². The van der Waals surface area contributed by atoms with Crippen molar-refractivity contribution in [1.82, 2.24) is 35.8 Å². The number of imidazole rings is 1. The van der Waals surface area contributed by atoms with Crippen molar-refractivity contribution < 1.29 is 29.1 Å². The first-order valence-corrected chi connectivity index (χ1v) is 13.3. The second-order valence-electron chi connectivity index (χ2n) is 10.0. The molecule has 3 heterocycles. The summed E-state index contributed by atoms with van der Waals surface area (Å²) in [6, 6.07) is 3.68. The fraction of sp³-hybridized carbons (Fsp3) is 0.407. The van der Waals surface area contributed by atoms with E-state index in [-0.39, 0.29) is 12.8 Å². The van der Waals surface area contributed by atoms with E-state index in [0.29, 0.717) is 25.1 Å². The minimum Gasteiger partial charge on any atom is -0.480 e. The van der Waals surface area contributed by atoms with Gasteiger partial charge < -0.3 is 41.7 Å². The summed E-state index contributed by atoms with van der Waals surface area (Å²) in [5.41, 5.74) is 8.43. The fourth-order valence-corrected chi connectivity index (χ4v) is 4.94. The molecule has 0 unspecified atom stereocenters. The van der Waals surface area contributed by atoms with Gasteiger partial charge in [-0.25, -0.2) is 4.98 Å². The molecule has 0 radical (unpaired) electrons. The Morgan fingerprint density at radius 2 is 1.90 bits per heavy atom. The molecule has 0 aliphatic carbocycles. The van der Waals surface area contributed by atoms with Crippen LogP contribution < -0.4 is 21.7 Å². The van der Waals surface area contributed by atoms with E-state index in [1.54, 1.807) is 12.4 Å². The smallest absolute Gasteiger partial charge is 0.322 e. The highest BCUT2D eigenvalue weighted by Crippen LogP contribution is 2.20. The molecular weight excluding hydrogens is 532 g/mol. The van der Waals surface area contributed by atoms with Crippen LogP contribution in [0.4, 0.5) is 0 Å². The number of carbonyl (C=O) groups excluding carboxylic acids is 4. The molecule has 1 aliphatic rings. The van der Waals surface area contributed by atoms with Crippen LogP contribution in [0.5, 0.6) is 0 Å². The number of nitrogens with one attached hydrogen (secondary N) is 5. The number of nitrogens with zero attached hydrogens (tertiary/aromatic N) is 2. The van der Waals surface area contributed by atoms with Crippen LogP contribution in [-0.4, -0.2) is 91.8 Å². The number of nitrogens with two attached hydrogens (primary N) is 1. The third kappa shape index (κ3) is 7.28. The lowest BCUT2D eigenvalue weighted by molar-refractivity contribution is -0.142. The third-order valence-corrected chi connectivity index (χ3v) is 7.04. The van der Waals surface area contributed by atoms with Gasteiger partial charge in [-0.1, -0.05) is 18.2 Å². The number of aromatic nitrogens is 3. The molecule has 3 aromatic rings. The maximum absolute atomic E-state index is 13.5. The van der Waals surface area contributed by atoms with Gasteiger partial charge in [0, 0.05) is 48.4 Å². The molecule has 4 atom stereocenters. The Kier molecular flexibility index (Phi) is 9.34. The molecule has 218 valence electrons. The lowest BCUT2D eigenvalue weighted by atomic mass is 10.0. The molecule has 0 saturated carbocycles. The van der Waals surface area contributed by atoms with Crippen LogP contribution in [0.3, 0.4) is 0 Å². The number of fused-ring (bicyclic) bond motifs is 1. The molecule has 1 aliphatic heterocycles. The average Bonchev–Trinajstić information content (AvgIpc) is 3.72. The molecule has 1 saturated heterocycles. The first-order valence-electron chi connectivity index (χ1n) is 13.3. The molecule has 14 heteroatoms. The Bertz CT molecular complexity index is 1400. The Hall–Kier alpha value is -4.72. The first-order chi connectivity index (χ1) is 19.6. The predicted molar refractivity (Wildman–Crippen MR) is 147 cm³/mol. The van der Waals surface area contributed by atoms with Crippen LogP contribution >= 0.6 is 0 Å². The lowest BCUT2D eigenvalue weighted by Gasteiger charge is -2.28. The quantitative estimate of drug-likeness (QED) is 0.147. The Balaban J connectivity index is 1.46. The molecule has 0 spiro atoms. The Morgan fingerprint density at radius 3 is 2.63 bits per heavy atom. The van der Waals surface area contributed by atoms with Crippen molar-refractivity contribution in [2.75, 3.05) is 13.1 Å². The number of rotatable bonds is 12. The molecule has 2 aromatic heterocycles.